The number of benzene rings is 2. The second kappa shape index (κ2) is 6.10. The lowest BCUT2D eigenvalue weighted by molar-refractivity contribution is 0.0949. The van der Waals surface area contributed by atoms with Crippen molar-refractivity contribution in [2.75, 3.05) is 13.2 Å². The van der Waals surface area contributed by atoms with Crippen molar-refractivity contribution >= 4 is 5.91 Å². The van der Waals surface area contributed by atoms with E-state index in [0.29, 0.717) is 36.8 Å². The second-order valence-corrected chi connectivity index (χ2v) is 5.42. The van der Waals surface area contributed by atoms with Crippen molar-refractivity contribution in [2.24, 2.45) is 0 Å². The number of rotatable bonds is 3. The fourth-order valence-corrected chi connectivity index (χ4v) is 2.51. The Morgan fingerprint density at radius 3 is 2.45 bits per heavy atom. The van der Waals surface area contributed by atoms with Crippen molar-refractivity contribution in [1.82, 2.24) is 5.32 Å². The zero-order valence-electron chi connectivity index (χ0n) is 12.8. The normalized spacial score (nSPS) is 12.8. The fraction of sp³-hybridized carbons (Fsp3) is 0.278. The Morgan fingerprint density at radius 2 is 1.73 bits per heavy atom. The third-order valence-corrected chi connectivity index (χ3v) is 3.83. The van der Waals surface area contributed by atoms with Gasteiger partial charge in [-0.05, 0) is 42.7 Å². The van der Waals surface area contributed by atoms with E-state index in [1.807, 2.05) is 44.2 Å². The summed E-state index contributed by atoms with van der Waals surface area (Å²) < 4.78 is 11.1. The summed E-state index contributed by atoms with van der Waals surface area (Å²) in [7, 11) is 0. The van der Waals surface area contributed by atoms with Crippen molar-refractivity contribution in [1.29, 1.82) is 0 Å². The van der Waals surface area contributed by atoms with Crippen LogP contribution in [0.3, 0.4) is 0 Å². The van der Waals surface area contributed by atoms with E-state index in [0.717, 1.165) is 11.1 Å². The molecule has 0 atom stereocenters. The standard InChI is InChI=1S/C18H19NO3/c1-12-5-3-4-6-14(12)11-19-18(20)15-10-17-16(9-13(15)2)21-7-8-22-17/h3-6,9-10H,7-8,11H2,1-2H3,(H,19,20). The van der Waals surface area contributed by atoms with Crippen LogP contribution in [-0.4, -0.2) is 19.1 Å². The van der Waals surface area contributed by atoms with Gasteiger partial charge in [0.05, 0.1) is 0 Å². The number of aryl methyl sites for hydroxylation is 2. The van der Waals surface area contributed by atoms with Crippen molar-refractivity contribution in [2.45, 2.75) is 20.4 Å². The molecule has 0 saturated heterocycles. The van der Waals surface area contributed by atoms with Gasteiger partial charge in [0.2, 0.25) is 0 Å². The van der Waals surface area contributed by atoms with Crippen molar-refractivity contribution in [3.05, 3.63) is 58.7 Å². The summed E-state index contributed by atoms with van der Waals surface area (Å²) in [5.74, 6) is 1.25. The molecule has 0 aromatic heterocycles. The van der Waals surface area contributed by atoms with Crippen LogP contribution in [-0.2, 0) is 6.54 Å². The molecular formula is C18H19NO3. The van der Waals surface area contributed by atoms with Gasteiger partial charge in [0.15, 0.2) is 11.5 Å². The average molecular weight is 297 g/mol. The minimum atomic E-state index is -0.0993. The first-order chi connectivity index (χ1) is 10.6. The smallest absolute Gasteiger partial charge is 0.251 e. The average Bonchev–Trinajstić information content (AvgIpc) is 2.53. The van der Waals surface area contributed by atoms with Crippen LogP contribution in [0.5, 0.6) is 11.5 Å². The summed E-state index contributed by atoms with van der Waals surface area (Å²) in [4.78, 5) is 12.4. The van der Waals surface area contributed by atoms with Gasteiger partial charge < -0.3 is 14.8 Å². The van der Waals surface area contributed by atoms with E-state index < -0.39 is 0 Å². The first kappa shape index (κ1) is 14.4. The molecule has 0 bridgehead atoms. The molecule has 4 heteroatoms. The molecule has 2 aromatic carbocycles. The highest BCUT2D eigenvalue weighted by molar-refractivity contribution is 5.96. The Kier molecular flexibility index (Phi) is 4.00. The number of nitrogens with one attached hydrogen (secondary N) is 1. The van der Waals surface area contributed by atoms with Gasteiger partial charge in [0.1, 0.15) is 13.2 Å². The first-order valence-corrected chi connectivity index (χ1v) is 7.38. The van der Waals surface area contributed by atoms with E-state index >= 15 is 0 Å². The molecule has 3 rings (SSSR count). The van der Waals surface area contributed by atoms with Gasteiger partial charge in [-0.15, -0.1) is 0 Å². The van der Waals surface area contributed by atoms with E-state index in [4.69, 9.17) is 9.47 Å². The number of amides is 1. The highest BCUT2D eigenvalue weighted by Crippen LogP contribution is 2.32. The van der Waals surface area contributed by atoms with Crippen LogP contribution in [0.2, 0.25) is 0 Å². The molecule has 1 amide bonds. The zero-order valence-corrected chi connectivity index (χ0v) is 12.8. The molecule has 1 heterocycles. The van der Waals surface area contributed by atoms with E-state index in [9.17, 15) is 4.79 Å². The lowest BCUT2D eigenvalue weighted by Gasteiger charge is -2.20. The minimum absolute atomic E-state index is 0.0993. The predicted octanol–water partition coefficient (Wildman–Crippen LogP) is 3.00. The lowest BCUT2D eigenvalue weighted by atomic mass is 10.1. The van der Waals surface area contributed by atoms with Gasteiger partial charge in [-0.25, -0.2) is 0 Å². The summed E-state index contributed by atoms with van der Waals surface area (Å²) in [5.41, 5.74) is 3.79. The number of carbonyl (C=O) groups excluding carboxylic acids is 1. The number of hydrogen-bond donors (Lipinski definition) is 1. The van der Waals surface area contributed by atoms with E-state index in [1.165, 1.54) is 5.56 Å². The van der Waals surface area contributed by atoms with Crippen molar-refractivity contribution in [3.63, 3.8) is 0 Å². The molecule has 22 heavy (non-hydrogen) atoms. The molecule has 0 aliphatic carbocycles. The van der Waals surface area contributed by atoms with Crippen LogP contribution in [0.1, 0.15) is 27.0 Å². The Morgan fingerprint density at radius 1 is 1.05 bits per heavy atom. The third kappa shape index (κ3) is 2.91. The third-order valence-electron chi connectivity index (χ3n) is 3.83. The Labute approximate surface area is 130 Å². The SMILES string of the molecule is Cc1ccccc1CNC(=O)c1cc2c(cc1C)OCCO2. The molecule has 0 saturated carbocycles. The van der Waals surface area contributed by atoms with Crippen LogP contribution in [0.15, 0.2) is 36.4 Å². The predicted molar refractivity (Wildman–Crippen MR) is 84.5 cm³/mol. The van der Waals surface area contributed by atoms with Gasteiger partial charge in [0, 0.05) is 12.1 Å². The lowest BCUT2D eigenvalue weighted by Crippen LogP contribution is -2.24. The second-order valence-electron chi connectivity index (χ2n) is 5.42. The summed E-state index contributed by atoms with van der Waals surface area (Å²) in [5, 5.41) is 2.97. The van der Waals surface area contributed by atoms with Gasteiger partial charge in [0.25, 0.3) is 5.91 Å². The number of ether oxygens (including phenoxy) is 2. The molecule has 1 aliphatic heterocycles. The summed E-state index contributed by atoms with van der Waals surface area (Å²) in [6.07, 6.45) is 0. The largest absolute Gasteiger partial charge is 0.486 e. The van der Waals surface area contributed by atoms with Crippen LogP contribution in [0, 0.1) is 13.8 Å². The molecule has 0 unspecified atom stereocenters. The Hall–Kier alpha value is -2.49. The zero-order chi connectivity index (χ0) is 15.5. The monoisotopic (exact) mass is 297 g/mol. The fourth-order valence-electron chi connectivity index (χ4n) is 2.51. The molecular weight excluding hydrogens is 278 g/mol. The Balaban J connectivity index is 1.76. The quantitative estimate of drug-likeness (QED) is 0.947. The van der Waals surface area contributed by atoms with Gasteiger partial charge in [-0.2, -0.15) is 0 Å². The van der Waals surface area contributed by atoms with Crippen molar-refractivity contribution < 1.29 is 14.3 Å². The van der Waals surface area contributed by atoms with Gasteiger partial charge in [-0.1, -0.05) is 24.3 Å². The molecule has 0 fully saturated rings. The van der Waals surface area contributed by atoms with E-state index in [1.54, 1.807) is 6.07 Å². The molecule has 4 nitrogen and oxygen atoms in total. The number of carbonyl (C=O) groups is 1. The summed E-state index contributed by atoms with van der Waals surface area (Å²) >= 11 is 0. The number of hydrogen-bond acceptors (Lipinski definition) is 3. The number of fused-ring (bicyclic) bond motifs is 1. The van der Waals surface area contributed by atoms with Crippen LogP contribution in [0.4, 0.5) is 0 Å². The van der Waals surface area contributed by atoms with Gasteiger partial charge in [-0.3, -0.25) is 4.79 Å². The summed E-state index contributed by atoms with van der Waals surface area (Å²) in [6, 6.07) is 11.6. The van der Waals surface area contributed by atoms with E-state index in [-0.39, 0.29) is 5.91 Å². The minimum Gasteiger partial charge on any atom is -0.486 e. The highest BCUT2D eigenvalue weighted by Gasteiger charge is 2.17. The molecule has 1 aliphatic rings. The molecule has 0 radical (unpaired) electrons. The summed E-state index contributed by atoms with van der Waals surface area (Å²) in [6.45, 7) is 5.52. The van der Waals surface area contributed by atoms with E-state index in [2.05, 4.69) is 5.32 Å². The van der Waals surface area contributed by atoms with Crippen LogP contribution < -0.4 is 14.8 Å². The maximum absolute atomic E-state index is 12.4. The maximum Gasteiger partial charge on any atom is 0.251 e. The first-order valence-electron chi connectivity index (χ1n) is 7.38. The highest BCUT2D eigenvalue weighted by atomic mass is 16.6. The topological polar surface area (TPSA) is 47.6 Å². The van der Waals surface area contributed by atoms with Crippen molar-refractivity contribution in [3.8, 4) is 11.5 Å². The van der Waals surface area contributed by atoms with Crippen LogP contribution >= 0.6 is 0 Å². The molecule has 0 spiro atoms. The van der Waals surface area contributed by atoms with Crippen LogP contribution in [0.25, 0.3) is 0 Å². The Bertz CT molecular complexity index is 709. The molecule has 2 aromatic rings. The maximum atomic E-state index is 12.4. The van der Waals surface area contributed by atoms with Gasteiger partial charge >= 0.3 is 0 Å². The molecule has 114 valence electrons. The molecule has 1 N–H and O–H groups in total.